The number of hydrogen-bond acceptors (Lipinski definition) is 2. The fraction of sp³-hybridized carbons (Fsp3) is 0.375. The second kappa shape index (κ2) is 7.27. The minimum absolute atomic E-state index is 0.0242. The Balaban J connectivity index is 2.31. The van der Waals surface area contributed by atoms with Gasteiger partial charge in [0.2, 0.25) is 0 Å². The number of aromatic nitrogens is 2. The number of carboxylic acid groups (broad SMARTS) is 1. The van der Waals surface area contributed by atoms with Gasteiger partial charge in [0.15, 0.2) is 0 Å². The summed E-state index contributed by atoms with van der Waals surface area (Å²) in [5.41, 5.74) is 1.69. The molecule has 0 fully saturated rings. The van der Waals surface area contributed by atoms with E-state index in [1.807, 2.05) is 28.8 Å². The number of unbranched alkanes of at least 4 members (excludes halogenated alkanes) is 1. The lowest BCUT2D eigenvalue weighted by atomic mass is 10.2. The zero-order valence-corrected chi connectivity index (χ0v) is 12.8. The average molecular weight is 307 g/mol. The first-order chi connectivity index (χ1) is 10.1. The smallest absolute Gasteiger partial charge is 0.309 e. The average Bonchev–Trinajstić information content (AvgIpc) is 2.81. The van der Waals surface area contributed by atoms with Gasteiger partial charge in [0.25, 0.3) is 0 Å². The summed E-state index contributed by atoms with van der Waals surface area (Å²) < 4.78 is 1.98. The molecule has 0 atom stereocenters. The molecular formula is C16H19ClN2O2. The van der Waals surface area contributed by atoms with Gasteiger partial charge in [-0.2, -0.15) is 0 Å². The molecule has 0 spiro atoms. The highest BCUT2D eigenvalue weighted by Gasteiger charge is 2.13. The van der Waals surface area contributed by atoms with E-state index in [1.54, 1.807) is 6.20 Å². The van der Waals surface area contributed by atoms with Crippen LogP contribution in [0.4, 0.5) is 0 Å². The van der Waals surface area contributed by atoms with Crippen molar-refractivity contribution in [3.05, 3.63) is 52.6 Å². The van der Waals surface area contributed by atoms with Crippen molar-refractivity contribution in [1.82, 2.24) is 9.55 Å². The van der Waals surface area contributed by atoms with Gasteiger partial charge < -0.3 is 9.67 Å². The van der Waals surface area contributed by atoms with Gasteiger partial charge >= 0.3 is 5.97 Å². The topological polar surface area (TPSA) is 55.1 Å². The summed E-state index contributed by atoms with van der Waals surface area (Å²) in [5.74, 6) is 0.0744. The maximum absolute atomic E-state index is 11.0. The normalized spacial score (nSPS) is 10.8. The Hall–Kier alpha value is -1.81. The maximum atomic E-state index is 11.0. The molecule has 0 radical (unpaired) electrons. The van der Waals surface area contributed by atoms with Crippen molar-refractivity contribution in [1.29, 1.82) is 0 Å². The summed E-state index contributed by atoms with van der Waals surface area (Å²) in [6.45, 7) is 2.68. The standard InChI is InChI=1S/C16H19ClN2O2/c1-2-3-8-15-18-10-13(9-16(20)21)19(15)11-12-6-4-5-7-14(12)17/h4-7,10H,2-3,8-9,11H2,1H3,(H,20,21). The lowest BCUT2D eigenvalue weighted by Gasteiger charge is -2.12. The Morgan fingerprint density at radius 3 is 2.81 bits per heavy atom. The van der Waals surface area contributed by atoms with Crippen molar-refractivity contribution in [2.24, 2.45) is 0 Å². The highest BCUT2D eigenvalue weighted by molar-refractivity contribution is 6.31. The lowest BCUT2D eigenvalue weighted by molar-refractivity contribution is -0.136. The number of rotatable bonds is 7. The Morgan fingerprint density at radius 1 is 1.38 bits per heavy atom. The van der Waals surface area contributed by atoms with Gasteiger partial charge in [-0.05, 0) is 18.1 Å². The molecule has 0 saturated carbocycles. The minimum Gasteiger partial charge on any atom is -0.481 e. The van der Waals surface area contributed by atoms with Crippen LogP contribution in [0.15, 0.2) is 30.5 Å². The predicted molar refractivity (Wildman–Crippen MR) is 82.7 cm³/mol. The molecule has 1 N–H and O–H groups in total. The van der Waals surface area contributed by atoms with Crippen LogP contribution in [-0.2, 0) is 24.2 Å². The fourth-order valence-electron chi connectivity index (χ4n) is 2.27. The molecule has 0 unspecified atom stereocenters. The second-order valence-electron chi connectivity index (χ2n) is 5.02. The van der Waals surface area contributed by atoms with E-state index in [0.29, 0.717) is 17.3 Å². The molecular weight excluding hydrogens is 288 g/mol. The summed E-state index contributed by atoms with van der Waals surface area (Å²) in [4.78, 5) is 15.4. The SMILES string of the molecule is CCCCc1ncc(CC(=O)O)n1Cc1ccccc1Cl. The third-order valence-corrected chi connectivity index (χ3v) is 3.76. The van der Waals surface area contributed by atoms with E-state index in [9.17, 15) is 4.79 Å². The zero-order chi connectivity index (χ0) is 15.2. The van der Waals surface area contributed by atoms with Crippen LogP contribution < -0.4 is 0 Å². The van der Waals surface area contributed by atoms with Crippen LogP contribution in [0, 0.1) is 0 Å². The number of aliphatic carboxylic acids is 1. The van der Waals surface area contributed by atoms with E-state index in [-0.39, 0.29) is 6.42 Å². The first kappa shape index (κ1) is 15.6. The number of hydrogen-bond donors (Lipinski definition) is 1. The molecule has 21 heavy (non-hydrogen) atoms. The number of carbonyl (C=O) groups is 1. The Morgan fingerprint density at radius 2 is 2.14 bits per heavy atom. The van der Waals surface area contributed by atoms with Gasteiger partial charge in [-0.3, -0.25) is 4.79 Å². The van der Waals surface area contributed by atoms with Crippen molar-refractivity contribution >= 4 is 17.6 Å². The van der Waals surface area contributed by atoms with Gasteiger partial charge in [-0.15, -0.1) is 0 Å². The summed E-state index contributed by atoms with van der Waals surface area (Å²) in [6, 6.07) is 7.61. The number of benzene rings is 1. The summed E-state index contributed by atoms with van der Waals surface area (Å²) in [6.07, 6.45) is 4.60. The molecule has 2 rings (SSSR count). The molecule has 0 bridgehead atoms. The Labute approximate surface area is 129 Å². The largest absolute Gasteiger partial charge is 0.481 e. The third kappa shape index (κ3) is 4.08. The van der Waals surface area contributed by atoms with Crippen LogP contribution in [0.25, 0.3) is 0 Å². The van der Waals surface area contributed by atoms with E-state index < -0.39 is 5.97 Å². The van der Waals surface area contributed by atoms with Gasteiger partial charge in [-0.1, -0.05) is 43.1 Å². The van der Waals surface area contributed by atoms with E-state index >= 15 is 0 Å². The van der Waals surface area contributed by atoms with Crippen molar-refractivity contribution in [2.45, 2.75) is 39.2 Å². The number of nitrogens with zero attached hydrogens (tertiary/aromatic N) is 2. The Kier molecular flexibility index (Phi) is 5.39. The van der Waals surface area contributed by atoms with Crippen molar-refractivity contribution in [3.63, 3.8) is 0 Å². The number of halogens is 1. The van der Waals surface area contributed by atoms with Crippen LogP contribution >= 0.6 is 11.6 Å². The first-order valence-electron chi connectivity index (χ1n) is 7.10. The molecule has 0 aliphatic rings. The van der Waals surface area contributed by atoms with Crippen molar-refractivity contribution < 1.29 is 9.90 Å². The fourth-order valence-corrected chi connectivity index (χ4v) is 2.47. The van der Waals surface area contributed by atoms with Crippen LogP contribution in [-0.4, -0.2) is 20.6 Å². The van der Waals surface area contributed by atoms with E-state index in [1.165, 1.54) is 0 Å². The minimum atomic E-state index is -0.850. The number of carboxylic acids is 1. The van der Waals surface area contributed by atoms with Gasteiger partial charge in [-0.25, -0.2) is 4.98 Å². The van der Waals surface area contributed by atoms with E-state index in [2.05, 4.69) is 11.9 Å². The molecule has 0 aliphatic carbocycles. The molecule has 112 valence electrons. The lowest BCUT2D eigenvalue weighted by Crippen LogP contribution is -2.12. The molecule has 5 heteroatoms. The molecule has 0 saturated heterocycles. The van der Waals surface area contributed by atoms with Crippen molar-refractivity contribution in [2.75, 3.05) is 0 Å². The highest BCUT2D eigenvalue weighted by Crippen LogP contribution is 2.19. The van der Waals surface area contributed by atoms with E-state index in [0.717, 1.165) is 30.7 Å². The van der Waals surface area contributed by atoms with E-state index in [4.69, 9.17) is 16.7 Å². The Bertz CT molecular complexity index is 622. The highest BCUT2D eigenvalue weighted by atomic mass is 35.5. The zero-order valence-electron chi connectivity index (χ0n) is 12.1. The number of aryl methyl sites for hydroxylation is 1. The van der Waals surface area contributed by atoms with Crippen LogP contribution in [0.3, 0.4) is 0 Å². The molecule has 2 aromatic rings. The maximum Gasteiger partial charge on any atom is 0.309 e. The predicted octanol–water partition coefficient (Wildman–Crippen LogP) is 3.55. The summed E-state index contributed by atoms with van der Waals surface area (Å²) in [7, 11) is 0. The monoisotopic (exact) mass is 306 g/mol. The van der Waals surface area contributed by atoms with Crippen molar-refractivity contribution in [3.8, 4) is 0 Å². The second-order valence-corrected chi connectivity index (χ2v) is 5.42. The summed E-state index contributed by atoms with van der Waals surface area (Å²) >= 11 is 6.21. The molecule has 1 aromatic heterocycles. The van der Waals surface area contributed by atoms with Crippen LogP contribution in [0.5, 0.6) is 0 Å². The van der Waals surface area contributed by atoms with Crippen LogP contribution in [0.2, 0.25) is 5.02 Å². The first-order valence-corrected chi connectivity index (χ1v) is 7.48. The molecule has 0 amide bonds. The van der Waals surface area contributed by atoms with Gasteiger partial charge in [0.1, 0.15) is 5.82 Å². The quantitative estimate of drug-likeness (QED) is 0.851. The number of imidazole rings is 1. The molecule has 0 aliphatic heterocycles. The van der Waals surface area contributed by atoms with Gasteiger partial charge in [0.05, 0.1) is 13.0 Å². The molecule has 4 nitrogen and oxygen atoms in total. The summed E-state index contributed by atoms with van der Waals surface area (Å²) in [5, 5.41) is 9.72. The molecule has 1 heterocycles. The van der Waals surface area contributed by atoms with Gasteiger partial charge in [0, 0.05) is 23.3 Å². The van der Waals surface area contributed by atoms with Crippen LogP contribution in [0.1, 0.15) is 36.8 Å². The third-order valence-electron chi connectivity index (χ3n) is 3.39. The molecule has 1 aromatic carbocycles.